The molecule has 3 aromatic rings. The van der Waals surface area contributed by atoms with Gasteiger partial charge in [-0.3, -0.25) is 4.79 Å². The van der Waals surface area contributed by atoms with E-state index in [4.69, 9.17) is 0 Å². The zero-order valence-corrected chi connectivity index (χ0v) is 18.3. The Morgan fingerprint density at radius 2 is 2.03 bits per heavy atom. The molecule has 0 bridgehead atoms. The van der Waals surface area contributed by atoms with Crippen LogP contribution in [0.5, 0.6) is 0 Å². The molecule has 160 valence electrons. The zero-order chi connectivity index (χ0) is 22.6. The van der Waals surface area contributed by atoms with Gasteiger partial charge in [0, 0.05) is 42.2 Å². The summed E-state index contributed by atoms with van der Waals surface area (Å²) in [6, 6.07) is 15.5. The van der Waals surface area contributed by atoms with Crippen molar-refractivity contribution in [2.24, 2.45) is 0 Å². The minimum atomic E-state index is -0.106. The molecule has 32 heavy (non-hydrogen) atoms. The number of aryl methyl sites for hydroxylation is 1. The molecule has 0 radical (unpaired) electrons. The number of carbonyl (C=O) groups excluding carboxylic acids is 1. The third-order valence-corrected chi connectivity index (χ3v) is 4.79. The molecule has 1 amide bonds. The number of nitrogens with one attached hydrogen (secondary N) is 1. The second kappa shape index (κ2) is 11.9. The molecule has 0 aliphatic carbocycles. The lowest BCUT2D eigenvalue weighted by Gasteiger charge is -2.10. The first-order chi connectivity index (χ1) is 15.7. The summed E-state index contributed by atoms with van der Waals surface area (Å²) in [6.07, 6.45) is 14.0. The molecular weight excluding hydrogens is 394 g/mol. The summed E-state index contributed by atoms with van der Waals surface area (Å²) in [5.41, 5.74) is 4.27. The van der Waals surface area contributed by atoms with E-state index < -0.39 is 0 Å². The van der Waals surface area contributed by atoms with Crippen LogP contribution in [-0.4, -0.2) is 22.0 Å². The van der Waals surface area contributed by atoms with Gasteiger partial charge in [-0.2, -0.15) is 0 Å². The van der Waals surface area contributed by atoms with Gasteiger partial charge in [-0.1, -0.05) is 67.0 Å². The molecule has 3 rings (SSSR count). The maximum Gasteiger partial charge on any atom is 0.251 e. The van der Waals surface area contributed by atoms with Crippen molar-refractivity contribution in [3.8, 4) is 11.8 Å². The Hall–Kier alpha value is -4.10. The van der Waals surface area contributed by atoms with Crippen LogP contribution in [0.25, 0.3) is 5.57 Å². The number of rotatable bonds is 8. The highest BCUT2D eigenvalue weighted by Gasteiger charge is 2.10. The fourth-order valence-corrected chi connectivity index (χ4v) is 3.23. The molecular formula is C28H27N3O. The number of hydrogen-bond acceptors (Lipinski definition) is 2. The van der Waals surface area contributed by atoms with Gasteiger partial charge in [0.15, 0.2) is 0 Å². The monoisotopic (exact) mass is 421 g/mol. The third kappa shape index (κ3) is 6.45. The maximum absolute atomic E-state index is 12.7. The number of carbonyl (C=O) groups is 1. The van der Waals surface area contributed by atoms with Crippen molar-refractivity contribution in [1.29, 1.82) is 0 Å². The van der Waals surface area contributed by atoms with E-state index in [0.29, 0.717) is 12.1 Å². The van der Waals surface area contributed by atoms with Crippen LogP contribution in [-0.2, 0) is 6.54 Å². The molecule has 0 atom stereocenters. The van der Waals surface area contributed by atoms with Crippen LogP contribution in [0.2, 0.25) is 0 Å². The number of hydrogen-bond donors (Lipinski definition) is 1. The second-order valence-electron chi connectivity index (χ2n) is 7.14. The number of amides is 1. The molecule has 4 heteroatoms. The van der Waals surface area contributed by atoms with Crippen LogP contribution >= 0.6 is 0 Å². The Morgan fingerprint density at radius 1 is 1.19 bits per heavy atom. The van der Waals surface area contributed by atoms with Gasteiger partial charge < -0.3 is 9.88 Å². The highest BCUT2D eigenvalue weighted by molar-refractivity contribution is 5.95. The number of benzene rings is 2. The number of allylic oxidation sites excluding steroid dienone is 5. The molecule has 0 saturated heterocycles. The Balaban J connectivity index is 1.83. The Bertz CT molecular complexity index is 1160. The second-order valence-corrected chi connectivity index (χ2v) is 7.14. The summed E-state index contributed by atoms with van der Waals surface area (Å²) >= 11 is 0. The third-order valence-electron chi connectivity index (χ3n) is 4.79. The summed E-state index contributed by atoms with van der Waals surface area (Å²) in [6.45, 7) is 7.19. The quantitative estimate of drug-likeness (QED) is 0.307. The van der Waals surface area contributed by atoms with Crippen LogP contribution in [0.4, 0.5) is 0 Å². The predicted molar refractivity (Wildman–Crippen MR) is 131 cm³/mol. The number of nitrogens with zero attached hydrogens (tertiary/aromatic N) is 2. The Kier molecular flexibility index (Phi) is 8.42. The van der Waals surface area contributed by atoms with E-state index in [1.807, 2.05) is 84.4 Å². The average molecular weight is 422 g/mol. The zero-order valence-electron chi connectivity index (χ0n) is 18.3. The molecule has 1 aromatic heterocycles. The molecule has 0 spiro atoms. The van der Waals surface area contributed by atoms with E-state index in [0.717, 1.165) is 35.2 Å². The van der Waals surface area contributed by atoms with E-state index in [1.54, 1.807) is 18.6 Å². The average Bonchev–Trinajstić information content (AvgIpc) is 3.34. The van der Waals surface area contributed by atoms with Gasteiger partial charge in [0.2, 0.25) is 0 Å². The van der Waals surface area contributed by atoms with Crippen molar-refractivity contribution in [3.05, 3.63) is 120 Å². The lowest BCUT2D eigenvalue weighted by molar-refractivity contribution is 0.0952. The highest BCUT2D eigenvalue weighted by atomic mass is 16.1. The van der Waals surface area contributed by atoms with Gasteiger partial charge in [0.05, 0.1) is 6.33 Å². The van der Waals surface area contributed by atoms with Crippen molar-refractivity contribution in [2.45, 2.75) is 19.9 Å². The summed E-state index contributed by atoms with van der Waals surface area (Å²) in [4.78, 5) is 16.8. The maximum atomic E-state index is 12.7. The van der Waals surface area contributed by atoms with Gasteiger partial charge in [-0.05, 0) is 48.7 Å². The molecule has 1 heterocycles. The highest BCUT2D eigenvalue weighted by Crippen LogP contribution is 2.22. The summed E-state index contributed by atoms with van der Waals surface area (Å²) < 4.78 is 1.99. The Labute approximate surface area is 190 Å². The van der Waals surface area contributed by atoms with Gasteiger partial charge in [-0.15, -0.1) is 0 Å². The lowest BCUT2D eigenvalue weighted by Crippen LogP contribution is -2.25. The Morgan fingerprint density at radius 3 is 2.75 bits per heavy atom. The minimum absolute atomic E-state index is 0.106. The smallest absolute Gasteiger partial charge is 0.251 e. The first kappa shape index (κ1) is 22.6. The molecule has 0 unspecified atom stereocenters. The van der Waals surface area contributed by atoms with Crippen molar-refractivity contribution >= 4 is 11.5 Å². The summed E-state index contributed by atoms with van der Waals surface area (Å²) in [5.74, 6) is 6.36. The first-order valence-corrected chi connectivity index (χ1v) is 10.6. The molecule has 2 aromatic carbocycles. The minimum Gasteiger partial charge on any atom is -0.352 e. The SMILES string of the molecule is C=C/C=C(\C=C/C)c1ccc(C(=O)NCCCn2ccnc2)cc1C#Cc1ccccc1. The van der Waals surface area contributed by atoms with Crippen molar-refractivity contribution in [2.75, 3.05) is 6.54 Å². The lowest BCUT2D eigenvalue weighted by atomic mass is 9.96. The van der Waals surface area contributed by atoms with E-state index in [9.17, 15) is 4.79 Å². The summed E-state index contributed by atoms with van der Waals surface area (Å²) in [7, 11) is 0. The molecule has 0 fully saturated rings. The van der Waals surface area contributed by atoms with Crippen LogP contribution in [0.3, 0.4) is 0 Å². The number of imidazole rings is 1. The molecule has 1 N–H and O–H groups in total. The van der Waals surface area contributed by atoms with Crippen molar-refractivity contribution in [3.63, 3.8) is 0 Å². The van der Waals surface area contributed by atoms with Crippen molar-refractivity contribution in [1.82, 2.24) is 14.9 Å². The van der Waals surface area contributed by atoms with Crippen LogP contribution in [0, 0.1) is 11.8 Å². The first-order valence-electron chi connectivity index (χ1n) is 10.6. The van der Waals surface area contributed by atoms with Crippen LogP contribution in [0.1, 0.15) is 40.4 Å². The normalized spacial score (nSPS) is 11.1. The van der Waals surface area contributed by atoms with E-state index in [1.165, 1.54) is 0 Å². The molecule has 0 aliphatic heterocycles. The topological polar surface area (TPSA) is 46.9 Å². The molecule has 0 aliphatic rings. The van der Waals surface area contributed by atoms with Crippen molar-refractivity contribution < 1.29 is 4.79 Å². The van der Waals surface area contributed by atoms with Gasteiger partial charge in [-0.25, -0.2) is 4.98 Å². The van der Waals surface area contributed by atoms with Crippen LogP contribution in [0.15, 0.2) is 98.1 Å². The van der Waals surface area contributed by atoms with E-state index in [-0.39, 0.29) is 5.91 Å². The van der Waals surface area contributed by atoms with Gasteiger partial charge >= 0.3 is 0 Å². The molecule has 4 nitrogen and oxygen atoms in total. The van der Waals surface area contributed by atoms with E-state index in [2.05, 4.69) is 28.7 Å². The number of aromatic nitrogens is 2. The predicted octanol–water partition coefficient (Wildman–Crippen LogP) is 5.25. The molecule has 0 saturated carbocycles. The van der Waals surface area contributed by atoms with Gasteiger partial charge in [0.1, 0.15) is 0 Å². The van der Waals surface area contributed by atoms with Gasteiger partial charge in [0.25, 0.3) is 5.91 Å². The fraction of sp³-hybridized carbons (Fsp3) is 0.143. The fourth-order valence-electron chi connectivity index (χ4n) is 3.23. The summed E-state index contributed by atoms with van der Waals surface area (Å²) in [5, 5.41) is 3.00. The van der Waals surface area contributed by atoms with Crippen LogP contribution < -0.4 is 5.32 Å². The standard InChI is InChI=1S/C28H27N3O/c1-3-9-24(10-4-2)27-16-15-26(21-25(27)14-13-23-11-6-5-7-12-23)28(32)30-17-8-19-31-20-18-29-22-31/h3-7,9-12,15-16,18,20-22H,1,8,17,19H2,2H3,(H,30,32)/b10-4-,24-9+. The largest absolute Gasteiger partial charge is 0.352 e. The van der Waals surface area contributed by atoms with E-state index >= 15 is 0 Å².